The Kier molecular flexibility index (Phi) is 2.09. The average molecular weight is 216 g/mol. The molecule has 0 fully saturated rings. The van der Waals surface area contributed by atoms with Crippen molar-refractivity contribution in [3.63, 3.8) is 0 Å². The lowest BCUT2D eigenvalue weighted by atomic mass is 9.98. The highest BCUT2D eigenvalue weighted by atomic mass is 16.1. The predicted molar refractivity (Wildman–Crippen MR) is 58.6 cm³/mol. The first-order chi connectivity index (χ1) is 7.86. The van der Waals surface area contributed by atoms with Gasteiger partial charge in [-0.3, -0.25) is 9.89 Å². The Balaban J connectivity index is 2.16. The average Bonchev–Trinajstić information content (AvgIpc) is 2.69. The van der Waals surface area contributed by atoms with E-state index < -0.39 is 0 Å². The third-order valence-electron chi connectivity index (χ3n) is 2.93. The van der Waals surface area contributed by atoms with Crippen LogP contribution in [0, 0.1) is 0 Å². The van der Waals surface area contributed by atoms with Crippen molar-refractivity contribution < 1.29 is 0 Å². The molecule has 0 spiro atoms. The van der Waals surface area contributed by atoms with Crippen LogP contribution in [0.5, 0.6) is 0 Å². The maximum Gasteiger partial charge on any atom is 0.277 e. The van der Waals surface area contributed by atoms with Gasteiger partial charge < -0.3 is 0 Å². The first kappa shape index (κ1) is 9.33. The Hall–Kier alpha value is -1.91. The summed E-state index contributed by atoms with van der Waals surface area (Å²) in [5.41, 5.74) is 1.95. The van der Waals surface area contributed by atoms with Gasteiger partial charge in [-0.1, -0.05) is 0 Å². The SMILES string of the molecule is O=c1c2c([nH]n1-c1ncccn1)CCCC2. The van der Waals surface area contributed by atoms with Gasteiger partial charge in [0.15, 0.2) is 0 Å². The Bertz CT molecular complexity index is 555. The summed E-state index contributed by atoms with van der Waals surface area (Å²) in [5.74, 6) is 0.418. The summed E-state index contributed by atoms with van der Waals surface area (Å²) in [4.78, 5) is 20.2. The highest BCUT2D eigenvalue weighted by Crippen LogP contribution is 2.16. The van der Waals surface area contributed by atoms with E-state index in [4.69, 9.17) is 0 Å². The highest BCUT2D eigenvalue weighted by Gasteiger charge is 2.18. The molecule has 0 amide bonds. The third-order valence-corrected chi connectivity index (χ3v) is 2.93. The Morgan fingerprint density at radius 2 is 1.94 bits per heavy atom. The van der Waals surface area contributed by atoms with Crippen LogP contribution in [0.15, 0.2) is 23.3 Å². The largest absolute Gasteiger partial charge is 0.292 e. The summed E-state index contributed by atoms with van der Waals surface area (Å²) >= 11 is 0. The van der Waals surface area contributed by atoms with Crippen LogP contribution >= 0.6 is 0 Å². The molecule has 5 heteroatoms. The van der Waals surface area contributed by atoms with Gasteiger partial charge in [0.1, 0.15) is 0 Å². The zero-order valence-corrected chi connectivity index (χ0v) is 8.81. The number of fused-ring (bicyclic) bond motifs is 1. The number of rotatable bonds is 1. The van der Waals surface area contributed by atoms with Crippen LogP contribution in [0.3, 0.4) is 0 Å². The molecule has 2 aromatic heterocycles. The molecule has 0 aromatic carbocycles. The van der Waals surface area contributed by atoms with E-state index in [1.807, 2.05) is 0 Å². The minimum Gasteiger partial charge on any atom is -0.292 e. The molecule has 82 valence electrons. The van der Waals surface area contributed by atoms with Gasteiger partial charge in [-0.25, -0.2) is 9.97 Å². The van der Waals surface area contributed by atoms with E-state index in [0.717, 1.165) is 36.9 Å². The van der Waals surface area contributed by atoms with Crippen LogP contribution in [0.4, 0.5) is 0 Å². The Labute approximate surface area is 92.2 Å². The maximum atomic E-state index is 12.1. The fourth-order valence-corrected chi connectivity index (χ4v) is 2.13. The van der Waals surface area contributed by atoms with E-state index in [2.05, 4.69) is 15.1 Å². The molecule has 0 radical (unpaired) electrons. The van der Waals surface area contributed by atoms with Crippen molar-refractivity contribution in [2.45, 2.75) is 25.7 Å². The van der Waals surface area contributed by atoms with Gasteiger partial charge in [0.05, 0.1) is 0 Å². The molecule has 1 aliphatic carbocycles. The van der Waals surface area contributed by atoms with E-state index in [0.29, 0.717) is 5.95 Å². The second kappa shape index (κ2) is 3.59. The molecule has 0 bridgehead atoms. The number of aryl methyl sites for hydroxylation is 1. The van der Waals surface area contributed by atoms with Crippen LogP contribution in [0.1, 0.15) is 24.1 Å². The molecule has 0 unspecified atom stereocenters. The van der Waals surface area contributed by atoms with E-state index in [1.54, 1.807) is 18.5 Å². The summed E-state index contributed by atoms with van der Waals surface area (Å²) in [7, 11) is 0. The molecular formula is C11H12N4O. The summed E-state index contributed by atoms with van der Waals surface area (Å²) < 4.78 is 1.44. The number of hydrogen-bond donors (Lipinski definition) is 1. The minimum atomic E-state index is 0.000833. The molecule has 5 nitrogen and oxygen atoms in total. The molecule has 0 atom stereocenters. The summed E-state index contributed by atoms with van der Waals surface area (Å²) in [6, 6.07) is 1.73. The van der Waals surface area contributed by atoms with Gasteiger partial charge >= 0.3 is 0 Å². The van der Waals surface area contributed by atoms with E-state index in [1.165, 1.54) is 4.68 Å². The molecule has 16 heavy (non-hydrogen) atoms. The second-order valence-electron chi connectivity index (χ2n) is 3.97. The second-order valence-corrected chi connectivity index (χ2v) is 3.97. The van der Waals surface area contributed by atoms with Crippen molar-refractivity contribution in [1.29, 1.82) is 0 Å². The summed E-state index contributed by atoms with van der Waals surface area (Å²) in [6.45, 7) is 0. The van der Waals surface area contributed by atoms with Gasteiger partial charge in [0, 0.05) is 23.7 Å². The van der Waals surface area contributed by atoms with Crippen molar-refractivity contribution in [2.24, 2.45) is 0 Å². The van der Waals surface area contributed by atoms with E-state index >= 15 is 0 Å². The topological polar surface area (TPSA) is 63.6 Å². The normalized spacial score (nSPS) is 14.8. The number of hydrogen-bond acceptors (Lipinski definition) is 3. The quantitative estimate of drug-likeness (QED) is 0.768. The van der Waals surface area contributed by atoms with Crippen molar-refractivity contribution in [2.75, 3.05) is 0 Å². The lowest BCUT2D eigenvalue weighted by Gasteiger charge is -2.07. The lowest BCUT2D eigenvalue weighted by Crippen LogP contribution is -2.19. The predicted octanol–water partition coefficient (Wildman–Crippen LogP) is 0.834. The summed E-state index contributed by atoms with van der Waals surface area (Å²) in [6.07, 6.45) is 7.32. The maximum absolute atomic E-state index is 12.1. The monoisotopic (exact) mass is 216 g/mol. The number of aromatic amines is 1. The molecule has 0 aliphatic heterocycles. The van der Waals surface area contributed by atoms with Gasteiger partial charge in [0.25, 0.3) is 11.5 Å². The minimum absolute atomic E-state index is 0.000833. The van der Waals surface area contributed by atoms with Crippen LogP contribution in [0.25, 0.3) is 5.95 Å². The molecule has 1 aliphatic rings. The van der Waals surface area contributed by atoms with Crippen LogP contribution in [0.2, 0.25) is 0 Å². The van der Waals surface area contributed by atoms with Gasteiger partial charge in [-0.15, -0.1) is 0 Å². The van der Waals surface area contributed by atoms with Crippen molar-refractivity contribution in [3.05, 3.63) is 40.1 Å². The zero-order valence-electron chi connectivity index (χ0n) is 8.81. The van der Waals surface area contributed by atoms with Gasteiger partial charge in [-0.05, 0) is 31.7 Å². The Morgan fingerprint density at radius 1 is 1.19 bits per heavy atom. The molecule has 0 saturated carbocycles. The number of H-pyrrole nitrogens is 1. The van der Waals surface area contributed by atoms with Crippen molar-refractivity contribution >= 4 is 0 Å². The first-order valence-electron chi connectivity index (χ1n) is 5.46. The van der Waals surface area contributed by atoms with Crippen molar-refractivity contribution in [1.82, 2.24) is 19.7 Å². The number of nitrogens with zero attached hydrogens (tertiary/aromatic N) is 3. The highest BCUT2D eigenvalue weighted by molar-refractivity contribution is 5.24. The zero-order chi connectivity index (χ0) is 11.0. The van der Waals surface area contributed by atoms with Gasteiger partial charge in [-0.2, -0.15) is 4.68 Å². The number of aromatic nitrogens is 4. The Morgan fingerprint density at radius 3 is 2.69 bits per heavy atom. The summed E-state index contributed by atoms with van der Waals surface area (Å²) in [5, 5.41) is 3.10. The molecule has 1 N–H and O–H groups in total. The van der Waals surface area contributed by atoms with Gasteiger partial charge in [0.2, 0.25) is 0 Å². The fourth-order valence-electron chi connectivity index (χ4n) is 2.13. The van der Waals surface area contributed by atoms with Crippen LogP contribution < -0.4 is 5.56 Å². The molecule has 2 aromatic rings. The molecular weight excluding hydrogens is 204 g/mol. The van der Waals surface area contributed by atoms with Crippen LogP contribution in [-0.4, -0.2) is 19.7 Å². The van der Waals surface area contributed by atoms with Crippen LogP contribution in [-0.2, 0) is 12.8 Å². The lowest BCUT2D eigenvalue weighted by molar-refractivity contribution is 0.669. The fraction of sp³-hybridized carbons (Fsp3) is 0.364. The molecule has 2 heterocycles. The van der Waals surface area contributed by atoms with E-state index in [-0.39, 0.29) is 5.56 Å². The van der Waals surface area contributed by atoms with E-state index in [9.17, 15) is 4.79 Å². The molecule has 0 saturated heterocycles. The standard InChI is InChI=1S/C11H12N4O/c16-10-8-4-1-2-5-9(8)14-15(10)11-12-6-3-7-13-11/h3,6-7,14H,1-2,4-5H2. The third kappa shape index (κ3) is 1.36. The number of nitrogens with one attached hydrogen (secondary N) is 1. The first-order valence-corrected chi connectivity index (χ1v) is 5.46. The van der Waals surface area contributed by atoms with Crippen molar-refractivity contribution in [3.8, 4) is 5.95 Å². The molecule has 3 rings (SSSR count). The smallest absolute Gasteiger partial charge is 0.277 e.